The molecule has 1 aliphatic heterocycles. The molecule has 0 aliphatic carbocycles. The van der Waals surface area contributed by atoms with E-state index in [9.17, 15) is 0 Å². The van der Waals surface area contributed by atoms with Gasteiger partial charge in [0.1, 0.15) is 0 Å². The lowest BCUT2D eigenvalue weighted by Crippen LogP contribution is -1.94. The van der Waals surface area contributed by atoms with E-state index in [-0.39, 0.29) is 0 Å². The summed E-state index contributed by atoms with van der Waals surface area (Å²) in [5.74, 6) is 1.45. The molecule has 0 fully saturated rings. The zero-order valence-corrected chi connectivity index (χ0v) is 16.0. The zero-order chi connectivity index (χ0) is 16.8. The summed E-state index contributed by atoms with van der Waals surface area (Å²) in [5.41, 5.74) is 0. The third-order valence-electron chi connectivity index (χ3n) is 3.19. The van der Waals surface area contributed by atoms with E-state index >= 15 is 0 Å². The lowest BCUT2D eigenvalue weighted by atomic mass is 10.3. The molecule has 0 saturated heterocycles. The molecule has 0 bridgehead atoms. The first-order chi connectivity index (χ1) is 11.8. The number of rotatable bonds is 6. The summed E-state index contributed by atoms with van der Waals surface area (Å²) in [6.45, 7) is 0. The molecule has 0 spiro atoms. The molecule has 2 nitrogen and oxygen atoms in total. The first kappa shape index (κ1) is 17.7. The van der Waals surface area contributed by atoms with Crippen LogP contribution in [0, 0.1) is 0 Å². The van der Waals surface area contributed by atoms with Gasteiger partial charge in [-0.2, -0.15) is 0 Å². The normalized spacial score (nSPS) is 13.3. The first-order valence-electron chi connectivity index (χ1n) is 7.29. The molecule has 0 unspecified atom stereocenters. The summed E-state index contributed by atoms with van der Waals surface area (Å²) in [5, 5.41) is 17.8. The predicted molar refractivity (Wildman–Crippen MR) is 106 cm³/mol. The van der Waals surface area contributed by atoms with Crippen LogP contribution >= 0.6 is 47.0 Å². The maximum atomic E-state index is 8.91. The largest absolute Gasteiger partial charge is 0.516 e. The molecule has 0 atom stereocenters. The van der Waals surface area contributed by atoms with Crippen molar-refractivity contribution in [3.8, 4) is 0 Å². The van der Waals surface area contributed by atoms with Gasteiger partial charge >= 0.3 is 0 Å². The third-order valence-corrected chi connectivity index (χ3v) is 8.13. The average Bonchev–Trinajstić information content (AvgIpc) is 2.61. The van der Waals surface area contributed by atoms with Crippen LogP contribution < -0.4 is 0 Å². The molecule has 124 valence electrons. The molecule has 3 rings (SSSR count). The van der Waals surface area contributed by atoms with Gasteiger partial charge in [-0.1, -0.05) is 35.7 Å². The molecule has 2 aromatic rings. The smallest absolute Gasteiger partial charge is 0.0760 e. The second-order valence-corrected chi connectivity index (χ2v) is 8.99. The fourth-order valence-electron chi connectivity index (χ4n) is 2.16. The van der Waals surface area contributed by atoms with E-state index in [1.165, 1.54) is 29.4 Å². The minimum absolute atomic E-state index is 0.725. The molecule has 2 N–H and O–H groups in total. The Hall–Kier alpha value is -1.08. The van der Waals surface area contributed by atoms with E-state index in [1.54, 1.807) is 35.7 Å². The van der Waals surface area contributed by atoms with Gasteiger partial charge in [0.15, 0.2) is 0 Å². The Morgan fingerprint density at radius 3 is 2.17 bits per heavy atom. The van der Waals surface area contributed by atoms with Crippen molar-refractivity contribution in [2.75, 3.05) is 11.5 Å². The van der Waals surface area contributed by atoms with Gasteiger partial charge in [-0.05, 0) is 36.4 Å². The summed E-state index contributed by atoms with van der Waals surface area (Å²) < 4.78 is 0. The lowest BCUT2D eigenvalue weighted by Gasteiger charge is -2.22. The number of hydrogen-bond donors (Lipinski definition) is 2. The summed E-state index contributed by atoms with van der Waals surface area (Å²) in [6, 6.07) is 12.8. The predicted octanol–water partition coefficient (Wildman–Crippen LogP) is 6.63. The van der Waals surface area contributed by atoms with Crippen molar-refractivity contribution in [3.63, 3.8) is 0 Å². The van der Waals surface area contributed by atoms with Gasteiger partial charge in [0, 0.05) is 40.9 Å². The fraction of sp³-hybridized carbons (Fsp3) is 0.111. The highest BCUT2D eigenvalue weighted by Gasteiger charge is 2.21. The van der Waals surface area contributed by atoms with Gasteiger partial charge in [0.25, 0.3) is 0 Å². The molecular formula is C18H16O2S4. The molecule has 0 radical (unpaired) electrons. The van der Waals surface area contributed by atoms with Crippen LogP contribution in [0.1, 0.15) is 0 Å². The molecule has 24 heavy (non-hydrogen) atoms. The van der Waals surface area contributed by atoms with Crippen molar-refractivity contribution in [2.45, 2.75) is 29.4 Å². The fourth-order valence-corrected chi connectivity index (χ4v) is 6.79. The van der Waals surface area contributed by atoms with E-state index in [1.807, 2.05) is 23.5 Å². The van der Waals surface area contributed by atoms with Gasteiger partial charge in [-0.25, -0.2) is 0 Å². The Kier molecular flexibility index (Phi) is 6.54. The number of aliphatic hydroxyl groups is 2. The minimum atomic E-state index is 0.725. The number of hydrogen-bond acceptors (Lipinski definition) is 6. The van der Waals surface area contributed by atoms with E-state index in [0.29, 0.717) is 0 Å². The third kappa shape index (κ3) is 4.11. The molecular weight excluding hydrogens is 376 g/mol. The summed E-state index contributed by atoms with van der Waals surface area (Å²) >= 11 is 7.06. The Balaban J connectivity index is 1.95. The lowest BCUT2D eigenvalue weighted by molar-refractivity contribution is 0.472. The average molecular weight is 393 g/mol. The number of thioether (sulfide) groups is 2. The van der Waals surface area contributed by atoms with Crippen LogP contribution in [0.5, 0.6) is 0 Å². The van der Waals surface area contributed by atoms with Crippen molar-refractivity contribution in [2.24, 2.45) is 0 Å². The molecule has 0 aromatic heterocycles. The minimum Gasteiger partial charge on any atom is -0.516 e. The standard InChI is InChI=1S/C18H16O2S4/c19-9-3-11-21-15-7-8-16-18(17(15)22-12-4-10-20)24-14-6-2-1-5-13(14)23-16/h1-10,19-20H,11-12H2. The summed E-state index contributed by atoms with van der Waals surface area (Å²) in [4.78, 5) is 7.59. The maximum absolute atomic E-state index is 8.91. The van der Waals surface area contributed by atoms with Crippen molar-refractivity contribution in [3.05, 3.63) is 61.1 Å². The molecule has 6 heteroatoms. The molecule has 2 aromatic carbocycles. The molecule has 0 amide bonds. The van der Waals surface area contributed by atoms with Crippen LogP contribution in [0.15, 0.2) is 90.4 Å². The van der Waals surface area contributed by atoms with Gasteiger partial charge in [0.2, 0.25) is 0 Å². The Labute approximate surface area is 158 Å². The van der Waals surface area contributed by atoms with Crippen molar-refractivity contribution in [1.82, 2.24) is 0 Å². The number of fused-ring (bicyclic) bond motifs is 2. The van der Waals surface area contributed by atoms with E-state index < -0.39 is 0 Å². The molecule has 0 saturated carbocycles. The van der Waals surface area contributed by atoms with Crippen molar-refractivity contribution in [1.29, 1.82) is 0 Å². The highest BCUT2D eigenvalue weighted by Crippen LogP contribution is 2.53. The maximum Gasteiger partial charge on any atom is 0.0760 e. The van der Waals surface area contributed by atoms with Crippen LogP contribution in [0.4, 0.5) is 0 Å². The van der Waals surface area contributed by atoms with Crippen LogP contribution in [0.25, 0.3) is 0 Å². The second kappa shape index (κ2) is 8.85. The number of benzene rings is 2. The van der Waals surface area contributed by atoms with Crippen molar-refractivity contribution < 1.29 is 10.2 Å². The summed E-state index contributed by atoms with van der Waals surface area (Å²) in [7, 11) is 0. The van der Waals surface area contributed by atoms with Crippen LogP contribution in [0.3, 0.4) is 0 Å². The number of aliphatic hydroxyl groups excluding tert-OH is 2. The highest BCUT2D eigenvalue weighted by atomic mass is 32.2. The van der Waals surface area contributed by atoms with Gasteiger partial charge in [-0.15, -0.1) is 23.5 Å². The van der Waals surface area contributed by atoms with Gasteiger partial charge < -0.3 is 10.2 Å². The van der Waals surface area contributed by atoms with Crippen LogP contribution in [-0.4, -0.2) is 21.7 Å². The second-order valence-electron chi connectivity index (χ2n) is 4.76. The van der Waals surface area contributed by atoms with Gasteiger partial charge in [0.05, 0.1) is 12.5 Å². The van der Waals surface area contributed by atoms with Crippen molar-refractivity contribution >= 4 is 47.0 Å². The van der Waals surface area contributed by atoms with E-state index in [0.717, 1.165) is 24.0 Å². The zero-order valence-electron chi connectivity index (χ0n) is 12.7. The molecule has 1 aliphatic rings. The molecule has 1 heterocycles. The van der Waals surface area contributed by atoms with Gasteiger partial charge in [-0.3, -0.25) is 0 Å². The highest BCUT2D eigenvalue weighted by molar-refractivity contribution is 8.06. The van der Waals surface area contributed by atoms with Crippen LogP contribution in [-0.2, 0) is 0 Å². The Morgan fingerprint density at radius 1 is 0.792 bits per heavy atom. The quantitative estimate of drug-likeness (QED) is 0.362. The summed E-state index contributed by atoms with van der Waals surface area (Å²) in [6.07, 6.45) is 5.68. The van der Waals surface area contributed by atoms with E-state index in [4.69, 9.17) is 10.2 Å². The van der Waals surface area contributed by atoms with Crippen LogP contribution in [0.2, 0.25) is 0 Å². The Bertz CT molecular complexity index is 772. The monoisotopic (exact) mass is 392 g/mol. The Morgan fingerprint density at radius 2 is 1.46 bits per heavy atom. The SMILES string of the molecule is OC=CCSc1ccc2c(c1SCC=CO)Sc1ccccc1S2. The topological polar surface area (TPSA) is 40.5 Å². The first-order valence-corrected chi connectivity index (χ1v) is 10.9. The van der Waals surface area contributed by atoms with E-state index in [2.05, 4.69) is 36.4 Å².